The van der Waals surface area contributed by atoms with Crippen molar-refractivity contribution in [1.82, 2.24) is 23.9 Å². The minimum absolute atomic E-state index is 0.128. The summed E-state index contributed by atoms with van der Waals surface area (Å²) < 4.78 is 12.3. The van der Waals surface area contributed by atoms with E-state index in [4.69, 9.17) is 4.74 Å². The van der Waals surface area contributed by atoms with Crippen molar-refractivity contribution in [2.45, 2.75) is 64.2 Å². The summed E-state index contributed by atoms with van der Waals surface area (Å²) in [5, 5.41) is 19.4. The lowest BCUT2D eigenvalue weighted by atomic mass is 9.72. The molecule has 1 saturated carbocycles. The zero-order chi connectivity index (χ0) is 27.0. The first-order valence-corrected chi connectivity index (χ1v) is 17.7. The predicted molar refractivity (Wildman–Crippen MR) is 155 cm³/mol. The maximum atomic E-state index is 14.0. The van der Waals surface area contributed by atoms with Crippen LogP contribution in [0.1, 0.15) is 42.3 Å². The van der Waals surface area contributed by atoms with Gasteiger partial charge >= 0.3 is 0 Å². The zero-order valence-electron chi connectivity index (χ0n) is 22.5. The summed E-state index contributed by atoms with van der Waals surface area (Å²) in [6.45, 7) is 7.62. The van der Waals surface area contributed by atoms with Gasteiger partial charge in [0.1, 0.15) is 24.4 Å². The number of ether oxygens (including phenoxy) is 1. The first-order valence-electron chi connectivity index (χ1n) is 13.2. The standard InChI is InChI=1S/C28H36BrN5O3Si/c1-32-17-30-31-27(32)25(19-7-5-8-19)20-9-6-10-21(13-20)33-15-24(29)23-14-22(16-35)34(26(23)28(33)36)18-37-11-12-38(2,3)4/h6,9-10,13-15,17,19,25,35H,5,7-8,11-12,16,18H2,1-4H3/t25-/m1/s1. The van der Waals surface area contributed by atoms with E-state index in [2.05, 4.69) is 57.9 Å². The Morgan fingerprint density at radius 1 is 1.24 bits per heavy atom. The zero-order valence-corrected chi connectivity index (χ0v) is 25.1. The van der Waals surface area contributed by atoms with Crippen LogP contribution < -0.4 is 5.56 Å². The fourth-order valence-electron chi connectivity index (χ4n) is 5.22. The maximum absolute atomic E-state index is 14.0. The quantitative estimate of drug-likeness (QED) is 0.195. The van der Waals surface area contributed by atoms with E-state index in [1.807, 2.05) is 40.6 Å². The van der Waals surface area contributed by atoms with Crippen LogP contribution in [0.3, 0.4) is 0 Å². The van der Waals surface area contributed by atoms with Gasteiger partial charge in [-0.05, 0) is 64.5 Å². The molecule has 0 radical (unpaired) electrons. The average molecular weight is 599 g/mol. The Balaban J connectivity index is 1.55. The van der Waals surface area contributed by atoms with Crippen LogP contribution in [0, 0.1) is 5.92 Å². The first-order chi connectivity index (χ1) is 18.2. The minimum atomic E-state index is -1.24. The number of hydrogen-bond acceptors (Lipinski definition) is 5. The summed E-state index contributed by atoms with van der Waals surface area (Å²) in [6.07, 6.45) is 7.12. The van der Waals surface area contributed by atoms with Gasteiger partial charge in [-0.3, -0.25) is 9.36 Å². The molecule has 0 spiro atoms. The van der Waals surface area contributed by atoms with Crippen molar-refractivity contribution < 1.29 is 9.84 Å². The van der Waals surface area contributed by atoms with Crippen molar-refractivity contribution in [2.75, 3.05) is 6.61 Å². The molecule has 1 N–H and O–H groups in total. The van der Waals surface area contributed by atoms with E-state index in [0.29, 0.717) is 23.7 Å². The molecule has 1 aromatic carbocycles. The molecule has 0 saturated heterocycles. The molecule has 1 aliphatic carbocycles. The lowest BCUT2D eigenvalue weighted by Gasteiger charge is -2.33. The first kappa shape index (κ1) is 27.0. The molecule has 1 fully saturated rings. The van der Waals surface area contributed by atoms with E-state index in [1.165, 1.54) is 6.42 Å². The molecule has 0 amide bonds. The molecule has 8 nitrogen and oxygen atoms in total. The SMILES string of the molecule is Cn1cnnc1[C@@H](c1cccc(-n2cc(Br)c3cc(CO)n(COCC[Si](C)(C)C)c3c2=O)c1)C1CCC1. The summed E-state index contributed by atoms with van der Waals surface area (Å²) in [5.41, 5.74) is 2.95. The third-order valence-electron chi connectivity index (χ3n) is 7.64. The molecule has 0 aliphatic heterocycles. The van der Waals surface area contributed by atoms with E-state index in [-0.39, 0.29) is 24.8 Å². The van der Waals surface area contributed by atoms with Crippen LogP contribution in [0.15, 0.2) is 52.1 Å². The summed E-state index contributed by atoms with van der Waals surface area (Å²) in [6, 6.07) is 11.1. The fraction of sp³-hybridized carbons (Fsp3) is 0.464. The van der Waals surface area contributed by atoms with Crippen LogP contribution in [0.4, 0.5) is 0 Å². The van der Waals surface area contributed by atoms with E-state index < -0.39 is 8.07 Å². The third-order valence-corrected chi connectivity index (χ3v) is 9.97. The molecule has 5 rings (SSSR count). The highest BCUT2D eigenvalue weighted by molar-refractivity contribution is 9.10. The molecule has 4 aromatic rings. The number of aliphatic hydroxyl groups is 1. The number of hydrogen-bond donors (Lipinski definition) is 1. The Kier molecular flexibility index (Phi) is 7.77. The number of aryl methyl sites for hydroxylation is 1. The smallest absolute Gasteiger partial charge is 0.279 e. The number of rotatable bonds is 10. The Bertz CT molecular complexity index is 1500. The molecular formula is C28H36BrN5O3Si. The van der Waals surface area contributed by atoms with Gasteiger partial charge in [-0.2, -0.15) is 0 Å². The molecule has 3 heterocycles. The molecule has 0 unspecified atom stereocenters. The van der Waals surface area contributed by atoms with Gasteiger partial charge in [0.15, 0.2) is 0 Å². The van der Waals surface area contributed by atoms with Crippen molar-refractivity contribution in [3.8, 4) is 5.69 Å². The lowest BCUT2D eigenvalue weighted by Crippen LogP contribution is -2.25. The van der Waals surface area contributed by atoms with E-state index in [0.717, 1.165) is 45.8 Å². The second-order valence-electron chi connectivity index (χ2n) is 11.5. The van der Waals surface area contributed by atoms with Gasteiger partial charge in [-0.1, -0.05) is 38.2 Å². The number of fused-ring (bicyclic) bond motifs is 1. The number of benzene rings is 1. The third kappa shape index (κ3) is 5.32. The molecule has 1 aliphatic rings. The van der Waals surface area contributed by atoms with Gasteiger partial charge in [0.2, 0.25) is 0 Å². The summed E-state index contributed by atoms with van der Waals surface area (Å²) in [4.78, 5) is 14.0. The molecular weight excluding hydrogens is 562 g/mol. The van der Waals surface area contributed by atoms with Crippen LogP contribution in [-0.2, 0) is 25.1 Å². The van der Waals surface area contributed by atoms with Gasteiger partial charge in [0.05, 0.1) is 6.61 Å². The Morgan fingerprint density at radius 3 is 2.66 bits per heavy atom. The normalized spacial score (nSPS) is 15.2. The average Bonchev–Trinajstić information content (AvgIpc) is 3.44. The number of aliphatic hydroxyl groups excluding tert-OH is 1. The Hall–Kier alpha value is -2.53. The van der Waals surface area contributed by atoms with Gasteiger partial charge in [0, 0.05) is 55.1 Å². The summed E-state index contributed by atoms with van der Waals surface area (Å²) in [7, 11) is 0.745. The molecule has 202 valence electrons. The number of nitrogens with zero attached hydrogens (tertiary/aromatic N) is 5. The molecule has 0 bridgehead atoms. The van der Waals surface area contributed by atoms with Crippen LogP contribution >= 0.6 is 15.9 Å². The highest BCUT2D eigenvalue weighted by atomic mass is 79.9. The monoisotopic (exact) mass is 597 g/mol. The topological polar surface area (TPSA) is 87.1 Å². The fourth-order valence-corrected chi connectivity index (χ4v) is 6.49. The van der Waals surface area contributed by atoms with E-state index >= 15 is 0 Å². The van der Waals surface area contributed by atoms with Crippen molar-refractivity contribution in [2.24, 2.45) is 13.0 Å². The van der Waals surface area contributed by atoms with Gasteiger partial charge in [-0.15, -0.1) is 10.2 Å². The van der Waals surface area contributed by atoms with Crippen LogP contribution in [0.25, 0.3) is 16.6 Å². The highest BCUT2D eigenvalue weighted by Crippen LogP contribution is 2.42. The van der Waals surface area contributed by atoms with Gasteiger partial charge in [0.25, 0.3) is 5.56 Å². The van der Waals surface area contributed by atoms with Crippen LogP contribution in [0.5, 0.6) is 0 Å². The van der Waals surface area contributed by atoms with Crippen LogP contribution in [-0.4, -0.2) is 43.7 Å². The predicted octanol–water partition coefficient (Wildman–Crippen LogP) is 5.42. The van der Waals surface area contributed by atoms with Gasteiger partial charge in [-0.25, -0.2) is 0 Å². The highest BCUT2D eigenvalue weighted by Gasteiger charge is 2.33. The molecule has 38 heavy (non-hydrogen) atoms. The second-order valence-corrected chi connectivity index (χ2v) is 18.0. The minimum Gasteiger partial charge on any atom is -0.390 e. The van der Waals surface area contributed by atoms with E-state index in [1.54, 1.807) is 10.9 Å². The lowest BCUT2D eigenvalue weighted by molar-refractivity contribution is 0.0852. The van der Waals surface area contributed by atoms with Crippen molar-refractivity contribution >= 4 is 34.9 Å². The van der Waals surface area contributed by atoms with Crippen molar-refractivity contribution in [3.05, 3.63) is 74.8 Å². The van der Waals surface area contributed by atoms with E-state index in [9.17, 15) is 9.90 Å². The Morgan fingerprint density at radius 2 is 2.03 bits per heavy atom. The Labute approximate surface area is 232 Å². The summed E-state index contributed by atoms with van der Waals surface area (Å²) in [5.74, 6) is 1.59. The van der Waals surface area contributed by atoms with Crippen LogP contribution in [0.2, 0.25) is 25.7 Å². The second kappa shape index (κ2) is 10.9. The maximum Gasteiger partial charge on any atom is 0.279 e. The number of pyridine rings is 1. The summed E-state index contributed by atoms with van der Waals surface area (Å²) >= 11 is 3.68. The van der Waals surface area contributed by atoms with Crippen molar-refractivity contribution in [1.29, 1.82) is 0 Å². The largest absolute Gasteiger partial charge is 0.390 e. The molecule has 10 heteroatoms. The molecule has 1 atom stereocenters. The number of aromatic nitrogens is 5. The van der Waals surface area contributed by atoms with Gasteiger partial charge < -0.3 is 19.0 Å². The van der Waals surface area contributed by atoms with Crippen molar-refractivity contribution in [3.63, 3.8) is 0 Å². The molecule has 3 aromatic heterocycles. The number of halogens is 1.